The molecule has 2 atom stereocenters. The second-order valence-electron chi connectivity index (χ2n) is 8.15. The minimum Gasteiger partial charge on any atom is -0.377 e. The van der Waals surface area contributed by atoms with Crippen molar-refractivity contribution in [1.29, 1.82) is 0 Å². The van der Waals surface area contributed by atoms with Gasteiger partial charge in [0.1, 0.15) is 6.23 Å². The van der Waals surface area contributed by atoms with Gasteiger partial charge in [-0.3, -0.25) is 4.79 Å². The molecule has 4 nitrogen and oxygen atoms in total. The molecule has 0 radical (unpaired) electrons. The van der Waals surface area contributed by atoms with E-state index in [9.17, 15) is 9.90 Å². The number of carbonyl (C=O) groups excluding carboxylic acids is 1. The predicted molar refractivity (Wildman–Crippen MR) is 117 cm³/mol. The normalized spacial score (nSPS) is 13.5. The Kier molecular flexibility index (Phi) is 19.7. The summed E-state index contributed by atoms with van der Waals surface area (Å²) >= 11 is 0. The Morgan fingerprint density at radius 1 is 0.741 bits per heavy atom. The fourth-order valence-corrected chi connectivity index (χ4v) is 3.58. The molecule has 0 saturated heterocycles. The molecule has 0 rings (SSSR count). The number of amides is 1. The Balaban J connectivity index is 3.31. The number of nitrogens with one attached hydrogen (secondary N) is 1. The second kappa shape index (κ2) is 20.1. The smallest absolute Gasteiger partial charge is 0.220 e. The molecule has 1 amide bonds. The van der Waals surface area contributed by atoms with Crippen molar-refractivity contribution in [3.63, 3.8) is 0 Å². The van der Waals surface area contributed by atoms with Crippen LogP contribution >= 0.6 is 0 Å². The largest absolute Gasteiger partial charge is 0.377 e. The van der Waals surface area contributed by atoms with Crippen LogP contribution in [0.3, 0.4) is 0 Å². The van der Waals surface area contributed by atoms with Gasteiger partial charge in [0.05, 0.1) is 6.04 Å². The SMILES string of the molecule is CCCCCCCCCCCCCCCCCC(=O)NC(CCC)C(N)O. The maximum atomic E-state index is 11.9. The highest BCUT2D eigenvalue weighted by Crippen LogP contribution is 2.13. The Hall–Kier alpha value is -0.610. The molecule has 4 N–H and O–H groups in total. The van der Waals surface area contributed by atoms with Gasteiger partial charge in [0.15, 0.2) is 0 Å². The molecule has 0 aromatic heterocycles. The molecular weight excluding hydrogens is 336 g/mol. The van der Waals surface area contributed by atoms with Crippen LogP contribution in [0.25, 0.3) is 0 Å². The Labute approximate surface area is 169 Å². The number of hydrogen-bond acceptors (Lipinski definition) is 3. The number of unbranched alkanes of at least 4 members (excludes halogenated alkanes) is 14. The minimum absolute atomic E-state index is 0.0210. The summed E-state index contributed by atoms with van der Waals surface area (Å²) in [5.74, 6) is 0.0210. The van der Waals surface area contributed by atoms with E-state index in [1.807, 2.05) is 6.92 Å². The monoisotopic (exact) mass is 384 g/mol. The van der Waals surface area contributed by atoms with Gasteiger partial charge in [-0.25, -0.2) is 0 Å². The summed E-state index contributed by atoms with van der Waals surface area (Å²) < 4.78 is 0. The molecule has 0 heterocycles. The maximum absolute atomic E-state index is 11.9. The average Bonchev–Trinajstić information content (AvgIpc) is 2.64. The Bertz CT molecular complexity index is 322. The lowest BCUT2D eigenvalue weighted by Gasteiger charge is -2.20. The van der Waals surface area contributed by atoms with E-state index in [1.165, 1.54) is 83.5 Å². The van der Waals surface area contributed by atoms with Crippen LogP contribution < -0.4 is 11.1 Å². The molecule has 27 heavy (non-hydrogen) atoms. The first-order valence-corrected chi connectivity index (χ1v) is 11.8. The summed E-state index contributed by atoms with van der Waals surface area (Å²) in [6.45, 7) is 4.30. The van der Waals surface area contributed by atoms with Crippen molar-refractivity contribution >= 4 is 5.91 Å². The number of rotatable bonds is 20. The highest BCUT2D eigenvalue weighted by molar-refractivity contribution is 5.76. The lowest BCUT2D eigenvalue weighted by Crippen LogP contribution is -2.47. The molecule has 0 saturated carbocycles. The van der Waals surface area contributed by atoms with Gasteiger partial charge in [0.25, 0.3) is 0 Å². The van der Waals surface area contributed by atoms with Gasteiger partial charge >= 0.3 is 0 Å². The van der Waals surface area contributed by atoms with Crippen LogP contribution in [-0.2, 0) is 4.79 Å². The topological polar surface area (TPSA) is 75.4 Å². The number of aliphatic hydroxyl groups is 1. The number of nitrogens with two attached hydrogens (primary N) is 1. The van der Waals surface area contributed by atoms with E-state index in [0.717, 1.165) is 25.7 Å². The van der Waals surface area contributed by atoms with E-state index in [1.54, 1.807) is 0 Å². The fraction of sp³-hybridized carbons (Fsp3) is 0.957. The van der Waals surface area contributed by atoms with Crippen molar-refractivity contribution in [1.82, 2.24) is 5.32 Å². The van der Waals surface area contributed by atoms with Gasteiger partial charge in [0.2, 0.25) is 5.91 Å². The van der Waals surface area contributed by atoms with Crippen molar-refractivity contribution in [2.24, 2.45) is 5.73 Å². The zero-order valence-electron chi connectivity index (χ0n) is 18.3. The van der Waals surface area contributed by atoms with E-state index >= 15 is 0 Å². The lowest BCUT2D eigenvalue weighted by molar-refractivity contribution is -0.122. The van der Waals surface area contributed by atoms with Crippen LogP contribution in [0.5, 0.6) is 0 Å². The van der Waals surface area contributed by atoms with E-state index < -0.39 is 6.23 Å². The van der Waals surface area contributed by atoms with Crippen molar-refractivity contribution < 1.29 is 9.90 Å². The van der Waals surface area contributed by atoms with Crippen LogP contribution in [0.2, 0.25) is 0 Å². The molecule has 2 unspecified atom stereocenters. The molecule has 0 aliphatic carbocycles. The molecule has 0 bridgehead atoms. The third kappa shape index (κ3) is 18.5. The van der Waals surface area contributed by atoms with Gasteiger partial charge in [-0.1, -0.05) is 110 Å². The number of carbonyl (C=O) groups is 1. The van der Waals surface area contributed by atoms with Crippen molar-refractivity contribution in [2.75, 3.05) is 0 Å². The quantitative estimate of drug-likeness (QED) is 0.183. The van der Waals surface area contributed by atoms with Crippen molar-refractivity contribution in [3.05, 3.63) is 0 Å². The molecule has 0 aromatic rings. The summed E-state index contributed by atoms with van der Waals surface area (Å²) in [4.78, 5) is 11.9. The average molecular weight is 385 g/mol. The molecule has 0 aromatic carbocycles. The predicted octanol–water partition coefficient (Wildman–Crippen LogP) is 5.81. The van der Waals surface area contributed by atoms with Gasteiger partial charge in [-0.15, -0.1) is 0 Å². The Morgan fingerprint density at radius 2 is 1.15 bits per heavy atom. The summed E-state index contributed by atoms with van der Waals surface area (Å²) in [7, 11) is 0. The summed E-state index contributed by atoms with van der Waals surface area (Å²) in [6, 6.07) is -0.307. The van der Waals surface area contributed by atoms with Crippen molar-refractivity contribution in [2.45, 2.75) is 142 Å². The first-order valence-electron chi connectivity index (χ1n) is 11.8. The molecule has 0 fully saturated rings. The molecule has 0 aliphatic rings. The summed E-state index contributed by atoms with van der Waals surface area (Å²) in [5, 5.41) is 12.3. The number of hydrogen-bond donors (Lipinski definition) is 3. The van der Waals surface area contributed by atoms with E-state index in [2.05, 4.69) is 12.2 Å². The van der Waals surface area contributed by atoms with Crippen LogP contribution in [0.4, 0.5) is 0 Å². The van der Waals surface area contributed by atoms with Crippen LogP contribution in [0, 0.1) is 0 Å². The highest BCUT2D eigenvalue weighted by atomic mass is 16.3. The standard InChI is InChI=1S/C23H48N2O2/c1-3-5-6-7-8-9-10-11-12-13-14-15-16-17-18-20-22(26)25-21(19-4-2)23(24)27/h21,23,27H,3-20,24H2,1-2H3,(H,25,26). The van der Waals surface area contributed by atoms with Crippen LogP contribution in [-0.4, -0.2) is 23.3 Å². The zero-order chi connectivity index (χ0) is 20.2. The van der Waals surface area contributed by atoms with E-state index in [-0.39, 0.29) is 11.9 Å². The van der Waals surface area contributed by atoms with Gasteiger partial charge in [0, 0.05) is 6.42 Å². The van der Waals surface area contributed by atoms with Gasteiger partial charge in [-0.2, -0.15) is 0 Å². The lowest BCUT2D eigenvalue weighted by atomic mass is 10.0. The molecule has 4 heteroatoms. The second-order valence-corrected chi connectivity index (χ2v) is 8.15. The maximum Gasteiger partial charge on any atom is 0.220 e. The zero-order valence-corrected chi connectivity index (χ0v) is 18.3. The Morgan fingerprint density at radius 3 is 1.52 bits per heavy atom. The molecular formula is C23H48N2O2. The van der Waals surface area contributed by atoms with Gasteiger partial charge in [-0.05, 0) is 12.8 Å². The number of aliphatic hydroxyl groups excluding tert-OH is 1. The van der Waals surface area contributed by atoms with Gasteiger partial charge < -0.3 is 16.2 Å². The molecule has 162 valence electrons. The first kappa shape index (κ1) is 26.4. The third-order valence-electron chi connectivity index (χ3n) is 5.37. The van der Waals surface area contributed by atoms with Crippen LogP contribution in [0.15, 0.2) is 0 Å². The summed E-state index contributed by atoms with van der Waals surface area (Å²) in [6.07, 6.45) is 21.1. The summed E-state index contributed by atoms with van der Waals surface area (Å²) in [5.41, 5.74) is 5.50. The third-order valence-corrected chi connectivity index (χ3v) is 5.37. The molecule has 0 spiro atoms. The van der Waals surface area contributed by atoms with Crippen molar-refractivity contribution in [3.8, 4) is 0 Å². The van der Waals surface area contributed by atoms with E-state index in [0.29, 0.717) is 6.42 Å². The van der Waals surface area contributed by atoms with E-state index in [4.69, 9.17) is 5.73 Å². The fourth-order valence-electron chi connectivity index (χ4n) is 3.58. The van der Waals surface area contributed by atoms with Crippen LogP contribution in [0.1, 0.15) is 129 Å². The first-order chi connectivity index (χ1) is 13.1. The minimum atomic E-state index is -0.963. The highest BCUT2D eigenvalue weighted by Gasteiger charge is 2.16. The molecule has 0 aliphatic heterocycles.